The Kier molecular flexibility index (Phi) is 5.30. The normalized spacial score (nSPS) is 11.3. The minimum Gasteiger partial charge on any atom is -0.467 e. The second kappa shape index (κ2) is 7.04. The SMILES string of the molecule is Cc1cc(C)cc(NC(=S)N(Cc2ccco2)CC(F)(F)F)c1. The van der Waals surface area contributed by atoms with Crippen LogP contribution in [0.15, 0.2) is 41.0 Å². The molecule has 0 aliphatic carbocycles. The number of thiocarbonyl (C=S) groups is 1. The lowest BCUT2D eigenvalue weighted by atomic mass is 10.1. The van der Waals surface area contributed by atoms with E-state index >= 15 is 0 Å². The van der Waals surface area contributed by atoms with Crippen LogP contribution in [-0.4, -0.2) is 22.7 Å². The Balaban J connectivity index is 2.14. The van der Waals surface area contributed by atoms with E-state index in [0.717, 1.165) is 16.0 Å². The van der Waals surface area contributed by atoms with Gasteiger partial charge < -0.3 is 14.6 Å². The van der Waals surface area contributed by atoms with Crippen molar-refractivity contribution < 1.29 is 17.6 Å². The predicted octanol–water partition coefficient (Wildman–Crippen LogP) is 4.66. The summed E-state index contributed by atoms with van der Waals surface area (Å²) in [6.07, 6.45) is -2.94. The highest BCUT2D eigenvalue weighted by molar-refractivity contribution is 7.80. The zero-order valence-corrected chi connectivity index (χ0v) is 13.6. The highest BCUT2D eigenvalue weighted by Crippen LogP contribution is 2.20. The van der Waals surface area contributed by atoms with Gasteiger partial charge in [0.25, 0.3) is 0 Å². The third-order valence-corrected chi connectivity index (χ3v) is 3.42. The topological polar surface area (TPSA) is 28.4 Å². The molecule has 23 heavy (non-hydrogen) atoms. The van der Waals surface area contributed by atoms with Gasteiger partial charge in [0.15, 0.2) is 5.11 Å². The first-order valence-electron chi connectivity index (χ1n) is 6.96. The lowest BCUT2D eigenvalue weighted by Gasteiger charge is -2.26. The molecule has 1 N–H and O–H groups in total. The fraction of sp³-hybridized carbons (Fsp3) is 0.312. The van der Waals surface area contributed by atoms with Crippen LogP contribution in [0.1, 0.15) is 16.9 Å². The third-order valence-electron chi connectivity index (χ3n) is 3.06. The van der Waals surface area contributed by atoms with Crippen LogP contribution in [0.3, 0.4) is 0 Å². The summed E-state index contributed by atoms with van der Waals surface area (Å²) in [5, 5.41) is 2.88. The molecule has 0 aliphatic rings. The summed E-state index contributed by atoms with van der Waals surface area (Å²) in [5.74, 6) is 0.416. The van der Waals surface area contributed by atoms with E-state index in [2.05, 4.69) is 5.32 Å². The van der Waals surface area contributed by atoms with Crippen molar-refractivity contribution in [3.63, 3.8) is 0 Å². The van der Waals surface area contributed by atoms with Gasteiger partial charge in [0.05, 0.1) is 12.8 Å². The fourth-order valence-corrected chi connectivity index (χ4v) is 2.50. The molecule has 0 spiro atoms. The number of furan rings is 1. The maximum atomic E-state index is 12.8. The van der Waals surface area contributed by atoms with Crippen LogP contribution < -0.4 is 5.32 Å². The summed E-state index contributed by atoms with van der Waals surface area (Å²) in [4.78, 5) is 1.03. The van der Waals surface area contributed by atoms with Crippen molar-refractivity contribution in [2.75, 3.05) is 11.9 Å². The lowest BCUT2D eigenvalue weighted by molar-refractivity contribution is -0.138. The molecule has 2 aromatic rings. The van der Waals surface area contributed by atoms with Crippen LogP contribution in [0.25, 0.3) is 0 Å². The molecule has 0 radical (unpaired) electrons. The summed E-state index contributed by atoms with van der Waals surface area (Å²) < 4.78 is 43.5. The van der Waals surface area contributed by atoms with Crippen molar-refractivity contribution in [2.24, 2.45) is 0 Å². The zero-order valence-electron chi connectivity index (χ0n) is 12.8. The van der Waals surface area contributed by atoms with Gasteiger partial charge in [-0.3, -0.25) is 0 Å². The molecule has 2 rings (SSSR count). The van der Waals surface area contributed by atoms with Crippen molar-refractivity contribution in [1.82, 2.24) is 4.90 Å². The molecule has 3 nitrogen and oxygen atoms in total. The second-order valence-electron chi connectivity index (χ2n) is 5.36. The number of hydrogen-bond acceptors (Lipinski definition) is 2. The summed E-state index contributed by atoms with van der Waals surface area (Å²) in [6, 6.07) is 8.88. The molecule has 0 fully saturated rings. The zero-order chi connectivity index (χ0) is 17.0. The summed E-state index contributed by atoms with van der Waals surface area (Å²) in [7, 11) is 0. The van der Waals surface area contributed by atoms with Crippen molar-refractivity contribution in [2.45, 2.75) is 26.6 Å². The van der Waals surface area contributed by atoms with E-state index in [4.69, 9.17) is 16.6 Å². The first-order chi connectivity index (χ1) is 10.7. The van der Waals surface area contributed by atoms with Gasteiger partial charge in [-0.05, 0) is 61.5 Å². The number of aryl methyl sites for hydroxylation is 2. The first kappa shape index (κ1) is 17.3. The second-order valence-corrected chi connectivity index (χ2v) is 5.74. The van der Waals surface area contributed by atoms with Crippen LogP contribution in [0.5, 0.6) is 0 Å². The van der Waals surface area contributed by atoms with Crippen LogP contribution >= 0.6 is 12.2 Å². The molecule has 0 atom stereocenters. The number of nitrogens with one attached hydrogen (secondary N) is 1. The van der Waals surface area contributed by atoms with Crippen molar-refractivity contribution in [1.29, 1.82) is 0 Å². The molecule has 0 amide bonds. The Morgan fingerprint density at radius 2 is 1.87 bits per heavy atom. The molecule has 7 heteroatoms. The molecule has 1 aromatic heterocycles. The van der Waals surface area contributed by atoms with Crippen molar-refractivity contribution in [3.8, 4) is 0 Å². The van der Waals surface area contributed by atoms with E-state index in [1.54, 1.807) is 12.1 Å². The minimum absolute atomic E-state index is 0.00345. The van der Waals surface area contributed by atoms with Gasteiger partial charge in [-0.15, -0.1) is 0 Å². The molecule has 124 valence electrons. The third kappa shape index (κ3) is 5.59. The smallest absolute Gasteiger partial charge is 0.406 e. The largest absolute Gasteiger partial charge is 0.467 e. The van der Waals surface area contributed by atoms with Gasteiger partial charge in [-0.2, -0.15) is 13.2 Å². The average molecular weight is 342 g/mol. The maximum absolute atomic E-state index is 12.8. The molecule has 1 heterocycles. The number of halogens is 3. The minimum atomic E-state index is -4.36. The van der Waals surface area contributed by atoms with E-state index in [1.807, 2.05) is 32.0 Å². The Bertz CT molecular complexity index is 648. The van der Waals surface area contributed by atoms with Gasteiger partial charge in [0, 0.05) is 5.69 Å². The summed E-state index contributed by atoms with van der Waals surface area (Å²) >= 11 is 5.16. The number of hydrogen-bond donors (Lipinski definition) is 1. The van der Waals surface area contributed by atoms with Gasteiger partial charge in [-0.1, -0.05) is 6.07 Å². The summed E-state index contributed by atoms with van der Waals surface area (Å²) in [5.41, 5.74) is 2.67. The Morgan fingerprint density at radius 3 is 2.39 bits per heavy atom. The number of benzene rings is 1. The van der Waals surface area contributed by atoms with E-state index in [-0.39, 0.29) is 11.7 Å². The van der Waals surface area contributed by atoms with E-state index in [9.17, 15) is 13.2 Å². The quantitative estimate of drug-likeness (QED) is 0.818. The number of rotatable bonds is 4. The Morgan fingerprint density at radius 1 is 1.22 bits per heavy atom. The molecule has 1 aromatic carbocycles. The van der Waals surface area contributed by atoms with Crippen LogP contribution in [0.4, 0.5) is 18.9 Å². The van der Waals surface area contributed by atoms with Gasteiger partial charge in [-0.25, -0.2) is 0 Å². The predicted molar refractivity (Wildman–Crippen MR) is 87.3 cm³/mol. The molecule has 0 aliphatic heterocycles. The highest BCUT2D eigenvalue weighted by atomic mass is 32.1. The van der Waals surface area contributed by atoms with Gasteiger partial charge >= 0.3 is 6.18 Å². The Hall–Kier alpha value is -2.02. The molecular formula is C16H17F3N2OS. The molecule has 0 unspecified atom stereocenters. The maximum Gasteiger partial charge on any atom is 0.406 e. The van der Waals surface area contributed by atoms with Gasteiger partial charge in [0.1, 0.15) is 12.3 Å². The number of anilines is 1. The fourth-order valence-electron chi connectivity index (χ4n) is 2.26. The van der Waals surface area contributed by atoms with E-state index in [1.165, 1.54) is 6.26 Å². The first-order valence-corrected chi connectivity index (χ1v) is 7.37. The van der Waals surface area contributed by atoms with Crippen LogP contribution in [-0.2, 0) is 6.54 Å². The summed E-state index contributed by atoms with van der Waals surface area (Å²) in [6.45, 7) is 2.63. The molecular weight excluding hydrogens is 325 g/mol. The monoisotopic (exact) mass is 342 g/mol. The lowest BCUT2D eigenvalue weighted by Crippen LogP contribution is -2.40. The number of nitrogens with zero attached hydrogens (tertiary/aromatic N) is 1. The highest BCUT2D eigenvalue weighted by Gasteiger charge is 2.32. The van der Waals surface area contributed by atoms with Crippen LogP contribution in [0, 0.1) is 13.8 Å². The van der Waals surface area contributed by atoms with E-state index in [0.29, 0.717) is 11.4 Å². The number of alkyl halides is 3. The molecule has 0 bridgehead atoms. The average Bonchev–Trinajstić information content (AvgIpc) is 2.87. The van der Waals surface area contributed by atoms with E-state index < -0.39 is 12.7 Å². The Labute approximate surface area is 138 Å². The van der Waals surface area contributed by atoms with Crippen molar-refractivity contribution >= 4 is 23.0 Å². The molecule has 0 saturated carbocycles. The molecule has 0 saturated heterocycles. The standard InChI is InChI=1S/C16H17F3N2OS/c1-11-6-12(2)8-13(7-11)20-15(23)21(10-16(17,18)19)9-14-4-3-5-22-14/h3-8H,9-10H2,1-2H3,(H,20,23). The van der Waals surface area contributed by atoms with Crippen molar-refractivity contribution in [3.05, 3.63) is 53.5 Å². The van der Waals surface area contributed by atoms with Gasteiger partial charge in [0.2, 0.25) is 0 Å². The van der Waals surface area contributed by atoms with Crippen LogP contribution in [0.2, 0.25) is 0 Å².